The van der Waals surface area contributed by atoms with Crippen molar-refractivity contribution in [3.05, 3.63) is 0 Å². The van der Waals surface area contributed by atoms with Crippen LogP contribution in [-0.2, 0) is 4.74 Å². The molecule has 80 valence electrons. The van der Waals surface area contributed by atoms with Crippen molar-refractivity contribution in [1.29, 1.82) is 0 Å². The van der Waals surface area contributed by atoms with Gasteiger partial charge in [-0.25, -0.2) is 0 Å². The van der Waals surface area contributed by atoms with Crippen LogP contribution in [0.15, 0.2) is 0 Å². The van der Waals surface area contributed by atoms with Gasteiger partial charge >= 0.3 is 0 Å². The summed E-state index contributed by atoms with van der Waals surface area (Å²) in [5.41, 5.74) is 0.486. The summed E-state index contributed by atoms with van der Waals surface area (Å²) >= 11 is 0. The van der Waals surface area contributed by atoms with Crippen molar-refractivity contribution in [3.63, 3.8) is 0 Å². The third-order valence-electron chi connectivity index (χ3n) is 4.34. The van der Waals surface area contributed by atoms with E-state index in [1.54, 1.807) is 0 Å². The van der Waals surface area contributed by atoms with Gasteiger partial charge in [-0.1, -0.05) is 19.3 Å². The SMILES string of the molecule is C1CCC2(CC1)NC1(CCCC1)CO2. The first kappa shape index (κ1) is 9.17. The molecular formula is C12H21NO. The normalized spacial score (nSPS) is 34.3. The lowest BCUT2D eigenvalue weighted by Crippen LogP contribution is -2.51. The molecule has 0 radical (unpaired) electrons. The van der Waals surface area contributed by atoms with E-state index in [2.05, 4.69) is 5.32 Å². The van der Waals surface area contributed by atoms with Gasteiger partial charge in [-0.15, -0.1) is 0 Å². The summed E-state index contributed by atoms with van der Waals surface area (Å²) in [6, 6.07) is 0. The Balaban J connectivity index is 1.73. The van der Waals surface area contributed by atoms with Crippen LogP contribution in [0.25, 0.3) is 0 Å². The summed E-state index contributed by atoms with van der Waals surface area (Å²) in [6.07, 6.45) is 12.1. The molecule has 1 aliphatic heterocycles. The zero-order valence-corrected chi connectivity index (χ0v) is 8.98. The van der Waals surface area contributed by atoms with E-state index >= 15 is 0 Å². The molecule has 0 amide bonds. The van der Waals surface area contributed by atoms with Crippen LogP contribution < -0.4 is 5.32 Å². The van der Waals surface area contributed by atoms with Crippen LogP contribution >= 0.6 is 0 Å². The second-order valence-electron chi connectivity index (χ2n) is 5.46. The van der Waals surface area contributed by atoms with Gasteiger partial charge in [-0.2, -0.15) is 0 Å². The van der Waals surface area contributed by atoms with Crippen molar-refractivity contribution in [3.8, 4) is 0 Å². The molecule has 3 aliphatic rings. The second kappa shape index (κ2) is 3.21. The Labute approximate surface area is 86.4 Å². The van der Waals surface area contributed by atoms with Gasteiger partial charge in [0.25, 0.3) is 0 Å². The molecule has 2 heteroatoms. The highest BCUT2D eigenvalue weighted by atomic mass is 16.5. The maximum atomic E-state index is 6.11. The van der Waals surface area contributed by atoms with E-state index in [0.29, 0.717) is 5.54 Å². The van der Waals surface area contributed by atoms with Crippen molar-refractivity contribution in [2.45, 2.75) is 69.1 Å². The highest BCUT2D eigenvalue weighted by molar-refractivity contribution is 5.03. The van der Waals surface area contributed by atoms with Gasteiger partial charge in [0.05, 0.1) is 6.61 Å². The molecule has 0 aromatic heterocycles. The van der Waals surface area contributed by atoms with E-state index in [-0.39, 0.29) is 5.72 Å². The molecule has 2 nitrogen and oxygen atoms in total. The van der Waals surface area contributed by atoms with Crippen LogP contribution in [0.5, 0.6) is 0 Å². The predicted octanol–water partition coefficient (Wildman–Crippen LogP) is 2.58. The van der Waals surface area contributed by atoms with Crippen LogP contribution in [0.4, 0.5) is 0 Å². The van der Waals surface area contributed by atoms with Crippen molar-refractivity contribution < 1.29 is 4.74 Å². The first-order chi connectivity index (χ1) is 6.83. The molecule has 1 heterocycles. The first-order valence-electron chi connectivity index (χ1n) is 6.26. The lowest BCUT2D eigenvalue weighted by Gasteiger charge is -2.35. The molecule has 3 rings (SSSR count). The molecule has 14 heavy (non-hydrogen) atoms. The standard InChI is InChI=1S/C12H21NO/c1-2-8-12(9-3-1)13-11(10-14-12)6-4-5-7-11/h13H,1-10H2. The Morgan fingerprint density at radius 2 is 1.43 bits per heavy atom. The van der Waals surface area contributed by atoms with Crippen LogP contribution in [0.1, 0.15) is 57.8 Å². The van der Waals surface area contributed by atoms with E-state index in [1.165, 1.54) is 57.8 Å². The molecule has 2 saturated carbocycles. The highest BCUT2D eigenvalue weighted by Gasteiger charge is 2.49. The molecule has 2 aliphatic carbocycles. The molecule has 0 bridgehead atoms. The third-order valence-corrected chi connectivity index (χ3v) is 4.34. The van der Waals surface area contributed by atoms with Gasteiger partial charge in [0, 0.05) is 5.54 Å². The Kier molecular flexibility index (Phi) is 2.10. The molecule has 3 fully saturated rings. The number of hydrogen-bond acceptors (Lipinski definition) is 2. The molecular weight excluding hydrogens is 174 g/mol. The minimum absolute atomic E-state index is 0.0998. The number of ether oxygens (including phenoxy) is 1. The molecule has 1 saturated heterocycles. The van der Waals surface area contributed by atoms with Crippen LogP contribution in [-0.4, -0.2) is 17.9 Å². The zero-order valence-electron chi connectivity index (χ0n) is 8.98. The van der Waals surface area contributed by atoms with Gasteiger partial charge in [-0.3, -0.25) is 5.32 Å². The van der Waals surface area contributed by atoms with Gasteiger partial charge in [0.2, 0.25) is 0 Å². The average Bonchev–Trinajstić information content (AvgIpc) is 2.78. The monoisotopic (exact) mass is 195 g/mol. The van der Waals surface area contributed by atoms with E-state index in [9.17, 15) is 0 Å². The largest absolute Gasteiger partial charge is 0.359 e. The zero-order chi connectivity index (χ0) is 9.49. The van der Waals surface area contributed by atoms with E-state index < -0.39 is 0 Å². The highest BCUT2D eigenvalue weighted by Crippen LogP contribution is 2.42. The van der Waals surface area contributed by atoms with Crippen molar-refractivity contribution in [2.24, 2.45) is 0 Å². The second-order valence-corrected chi connectivity index (χ2v) is 5.46. The van der Waals surface area contributed by atoms with E-state index in [0.717, 1.165) is 6.61 Å². The minimum Gasteiger partial charge on any atom is -0.359 e. The summed E-state index contributed by atoms with van der Waals surface area (Å²) < 4.78 is 6.11. The Hall–Kier alpha value is -0.0800. The molecule has 0 atom stereocenters. The summed E-state index contributed by atoms with van der Waals surface area (Å²) in [4.78, 5) is 0. The molecule has 1 N–H and O–H groups in total. The summed E-state index contributed by atoms with van der Waals surface area (Å²) in [5.74, 6) is 0. The average molecular weight is 195 g/mol. The molecule has 2 spiro atoms. The maximum Gasteiger partial charge on any atom is 0.119 e. The first-order valence-corrected chi connectivity index (χ1v) is 6.26. The molecule has 0 aromatic rings. The number of hydrogen-bond donors (Lipinski definition) is 1. The maximum absolute atomic E-state index is 6.11. The van der Waals surface area contributed by atoms with Crippen LogP contribution in [0, 0.1) is 0 Å². The van der Waals surface area contributed by atoms with E-state index in [1.807, 2.05) is 0 Å². The summed E-state index contributed by atoms with van der Waals surface area (Å²) in [5, 5.41) is 3.86. The number of rotatable bonds is 0. The van der Waals surface area contributed by atoms with Crippen molar-refractivity contribution >= 4 is 0 Å². The smallest absolute Gasteiger partial charge is 0.119 e. The molecule has 0 unspecified atom stereocenters. The van der Waals surface area contributed by atoms with Gasteiger partial charge in [0.15, 0.2) is 0 Å². The van der Waals surface area contributed by atoms with Crippen LogP contribution in [0.3, 0.4) is 0 Å². The quantitative estimate of drug-likeness (QED) is 0.641. The van der Waals surface area contributed by atoms with Crippen LogP contribution in [0.2, 0.25) is 0 Å². The van der Waals surface area contributed by atoms with E-state index in [4.69, 9.17) is 4.74 Å². The fourth-order valence-electron chi connectivity index (χ4n) is 3.55. The lowest BCUT2D eigenvalue weighted by molar-refractivity contribution is -0.0384. The molecule has 0 aromatic carbocycles. The van der Waals surface area contributed by atoms with Crippen molar-refractivity contribution in [2.75, 3.05) is 6.61 Å². The Morgan fingerprint density at radius 1 is 0.786 bits per heavy atom. The fourth-order valence-corrected chi connectivity index (χ4v) is 3.55. The third kappa shape index (κ3) is 1.40. The summed E-state index contributed by atoms with van der Waals surface area (Å²) in [6.45, 7) is 0.979. The topological polar surface area (TPSA) is 21.3 Å². The summed E-state index contributed by atoms with van der Waals surface area (Å²) in [7, 11) is 0. The van der Waals surface area contributed by atoms with Gasteiger partial charge in [-0.05, 0) is 38.5 Å². The fraction of sp³-hybridized carbons (Fsp3) is 1.00. The van der Waals surface area contributed by atoms with Gasteiger partial charge in [0.1, 0.15) is 5.72 Å². The minimum atomic E-state index is 0.0998. The Morgan fingerprint density at radius 3 is 2.14 bits per heavy atom. The Bertz CT molecular complexity index is 214. The lowest BCUT2D eigenvalue weighted by atomic mass is 9.90. The predicted molar refractivity (Wildman–Crippen MR) is 56.1 cm³/mol. The van der Waals surface area contributed by atoms with Crippen molar-refractivity contribution in [1.82, 2.24) is 5.32 Å². The van der Waals surface area contributed by atoms with Gasteiger partial charge < -0.3 is 4.74 Å². The number of nitrogens with one attached hydrogen (secondary N) is 1.